The molecule has 2 heteroatoms. The minimum atomic E-state index is 0.193. The topological polar surface area (TPSA) is 26.3 Å². The highest BCUT2D eigenvalue weighted by atomic mass is 16.5. The second kappa shape index (κ2) is 2.97. The van der Waals surface area contributed by atoms with E-state index in [0.29, 0.717) is 6.61 Å². The normalized spacial score (nSPS) is 27.9. The van der Waals surface area contributed by atoms with Crippen molar-refractivity contribution in [3.05, 3.63) is 0 Å². The molecule has 1 rings (SSSR count). The highest BCUT2D eigenvalue weighted by Crippen LogP contribution is 2.13. The van der Waals surface area contributed by atoms with Crippen LogP contribution in [0.3, 0.4) is 0 Å². The van der Waals surface area contributed by atoms with Gasteiger partial charge in [0.05, 0.1) is 6.61 Å². The molecule has 0 saturated carbocycles. The van der Waals surface area contributed by atoms with E-state index in [0.717, 1.165) is 19.4 Å². The van der Waals surface area contributed by atoms with Crippen LogP contribution in [0.5, 0.6) is 0 Å². The zero-order chi connectivity index (χ0) is 6.69. The summed E-state index contributed by atoms with van der Waals surface area (Å²) in [4.78, 5) is 10.7. The van der Waals surface area contributed by atoms with Crippen molar-refractivity contribution in [2.45, 2.75) is 19.8 Å². The van der Waals surface area contributed by atoms with Crippen molar-refractivity contribution in [1.29, 1.82) is 0 Å². The third kappa shape index (κ3) is 1.79. The van der Waals surface area contributed by atoms with Gasteiger partial charge in [-0.25, -0.2) is 0 Å². The molecule has 1 fully saturated rings. The second-order valence-electron chi connectivity index (χ2n) is 2.52. The van der Waals surface area contributed by atoms with Gasteiger partial charge in [-0.15, -0.1) is 0 Å². The van der Waals surface area contributed by atoms with Gasteiger partial charge < -0.3 is 4.74 Å². The average Bonchev–Trinajstić information content (AvgIpc) is 1.90. The van der Waals surface area contributed by atoms with E-state index in [-0.39, 0.29) is 11.7 Å². The minimum absolute atomic E-state index is 0.193. The summed E-state index contributed by atoms with van der Waals surface area (Å²) in [5.41, 5.74) is 0. The van der Waals surface area contributed by atoms with Crippen molar-refractivity contribution in [2.75, 3.05) is 13.2 Å². The molecule has 0 bridgehead atoms. The fourth-order valence-electron chi connectivity index (χ4n) is 1.06. The Hall–Kier alpha value is -0.370. The molecule has 1 aliphatic rings. The van der Waals surface area contributed by atoms with Gasteiger partial charge in [0, 0.05) is 12.5 Å². The first-order valence-corrected chi connectivity index (χ1v) is 3.39. The maximum absolute atomic E-state index is 10.7. The minimum Gasteiger partial charge on any atom is -0.381 e. The molecule has 0 spiro atoms. The van der Waals surface area contributed by atoms with E-state index >= 15 is 0 Å². The van der Waals surface area contributed by atoms with Gasteiger partial charge in [-0.1, -0.05) is 0 Å². The molecule has 1 unspecified atom stereocenters. The molecule has 0 aromatic rings. The molecule has 0 aliphatic carbocycles. The predicted molar refractivity (Wildman–Crippen MR) is 34.2 cm³/mol. The molecule has 1 atom stereocenters. The molecule has 52 valence electrons. The van der Waals surface area contributed by atoms with Gasteiger partial charge in [-0.05, 0) is 19.8 Å². The SMILES string of the molecule is CC(=O)C1CCCOC1. The van der Waals surface area contributed by atoms with Crippen molar-refractivity contribution in [1.82, 2.24) is 0 Å². The van der Waals surface area contributed by atoms with Crippen LogP contribution in [-0.4, -0.2) is 19.0 Å². The fraction of sp³-hybridized carbons (Fsp3) is 0.857. The smallest absolute Gasteiger partial charge is 0.135 e. The third-order valence-corrected chi connectivity index (χ3v) is 1.74. The Morgan fingerprint density at radius 3 is 2.78 bits per heavy atom. The first-order valence-electron chi connectivity index (χ1n) is 3.39. The summed E-state index contributed by atoms with van der Waals surface area (Å²) in [6.45, 7) is 3.12. The van der Waals surface area contributed by atoms with E-state index in [9.17, 15) is 4.79 Å². The molecule has 1 saturated heterocycles. The van der Waals surface area contributed by atoms with E-state index in [1.165, 1.54) is 0 Å². The standard InChI is InChI=1S/C7H12O2/c1-6(8)7-3-2-4-9-5-7/h7H,2-5H2,1H3. The molecule has 9 heavy (non-hydrogen) atoms. The molecule has 2 nitrogen and oxygen atoms in total. The first-order chi connectivity index (χ1) is 4.30. The fourth-order valence-corrected chi connectivity index (χ4v) is 1.06. The Morgan fingerprint density at radius 2 is 2.44 bits per heavy atom. The van der Waals surface area contributed by atoms with Crippen LogP contribution < -0.4 is 0 Å². The number of ether oxygens (including phenoxy) is 1. The van der Waals surface area contributed by atoms with Crippen LogP contribution in [0.4, 0.5) is 0 Å². The second-order valence-corrected chi connectivity index (χ2v) is 2.52. The number of carbonyl (C=O) groups is 1. The Labute approximate surface area is 55.2 Å². The van der Waals surface area contributed by atoms with Gasteiger partial charge in [0.1, 0.15) is 5.78 Å². The van der Waals surface area contributed by atoms with E-state index in [4.69, 9.17) is 4.74 Å². The summed E-state index contributed by atoms with van der Waals surface area (Å²) in [5, 5.41) is 0. The zero-order valence-electron chi connectivity index (χ0n) is 5.72. The number of carbonyl (C=O) groups excluding carboxylic acids is 1. The van der Waals surface area contributed by atoms with Crippen LogP contribution in [0.1, 0.15) is 19.8 Å². The molecular formula is C7H12O2. The van der Waals surface area contributed by atoms with Crippen LogP contribution in [0, 0.1) is 5.92 Å². The number of ketones is 1. The Bertz CT molecular complexity index is 103. The third-order valence-electron chi connectivity index (χ3n) is 1.74. The predicted octanol–water partition coefficient (Wildman–Crippen LogP) is 1.00. The average molecular weight is 128 g/mol. The van der Waals surface area contributed by atoms with Crippen molar-refractivity contribution in [2.24, 2.45) is 5.92 Å². The van der Waals surface area contributed by atoms with E-state index in [2.05, 4.69) is 0 Å². The summed E-state index contributed by atoms with van der Waals surface area (Å²) in [6.07, 6.45) is 2.07. The summed E-state index contributed by atoms with van der Waals surface area (Å²) >= 11 is 0. The number of Topliss-reactive ketones (excluding diaryl/α,β-unsaturated/α-hetero) is 1. The number of hydrogen-bond donors (Lipinski definition) is 0. The van der Waals surface area contributed by atoms with Gasteiger partial charge in [0.2, 0.25) is 0 Å². The molecule has 0 radical (unpaired) electrons. The van der Waals surface area contributed by atoms with Gasteiger partial charge in [-0.3, -0.25) is 4.79 Å². The lowest BCUT2D eigenvalue weighted by molar-refractivity contribution is -0.124. The molecule has 1 aliphatic heterocycles. The van der Waals surface area contributed by atoms with Crippen LogP contribution in [0.25, 0.3) is 0 Å². The van der Waals surface area contributed by atoms with Crippen molar-refractivity contribution >= 4 is 5.78 Å². The number of rotatable bonds is 1. The largest absolute Gasteiger partial charge is 0.381 e. The Balaban J connectivity index is 2.31. The maximum atomic E-state index is 10.7. The van der Waals surface area contributed by atoms with Crippen molar-refractivity contribution in [3.8, 4) is 0 Å². The molecule has 1 heterocycles. The maximum Gasteiger partial charge on any atom is 0.135 e. The monoisotopic (exact) mass is 128 g/mol. The Kier molecular flexibility index (Phi) is 2.22. The van der Waals surface area contributed by atoms with Crippen molar-refractivity contribution < 1.29 is 9.53 Å². The van der Waals surface area contributed by atoms with E-state index in [1.54, 1.807) is 6.92 Å². The van der Waals surface area contributed by atoms with E-state index < -0.39 is 0 Å². The van der Waals surface area contributed by atoms with Gasteiger partial charge in [0.15, 0.2) is 0 Å². The summed E-state index contributed by atoms with van der Waals surface area (Å²) < 4.78 is 5.12. The van der Waals surface area contributed by atoms with Gasteiger partial charge in [0.25, 0.3) is 0 Å². The highest BCUT2D eigenvalue weighted by molar-refractivity contribution is 5.78. The van der Waals surface area contributed by atoms with Crippen LogP contribution >= 0.6 is 0 Å². The lowest BCUT2D eigenvalue weighted by Gasteiger charge is -2.18. The zero-order valence-corrected chi connectivity index (χ0v) is 5.72. The summed E-state index contributed by atoms with van der Waals surface area (Å²) in [6, 6.07) is 0. The lowest BCUT2D eigenvalue weighted by Crippen LogP contribution is -2.22. The first kappa shape index (κ1) is 6.75. The summed E-state index contributed by atoms with van der Waals surface area (Å²) in [5.74, 6) is 0.466. The van der Waals surface area contributed by atoms with Crippen LogP contribution in [0.2, 0.25) is 0 Å². The molecule has 0 aromatic carbocycles. The quantitative estimate of drug-likeness (QED) is 0.526. The molecule has 0 N–H and O–H groups in total. The summed E-state index contributed by atoms with van der Waals surface area (Å²) in [7, 11) is 0. The van der Waals surface area contributed by atoms with Gasteiger partial charge >= 0.3 is 0 Å². The Morgan fingerprint density at radius 1 is 1.67 bits per heavy atom. The van der Waals surface area contributed by atoms with Crippen LogP contribution in [0.15, 0.2) is 0 Å². The molecule has 0 amide bonds. The molecule has 0 aromatic heterocycles. The van der Waals surface area contributed by atoms with Gasteiger partial charge in [-0.2, -0.15) is 0 Å². The number of hydrogen-bond acceptors (Lipinski definition) is 2. The van der Waals surface area contributed by atoms with E-state index in [1.807, 2.05) is 0 Å². The van der Waals surface area contributed by atoms with Crippen LogP contribution in [-0.2, 0) is 9.53 Å². The molecular weight excluding hydrogens is 116 g/mol. The highest BCUT2D eigenvalue weighted by Gasteiger charge is 2.17. The van der Waals surface area contributed by atoms with Crippen molar-refractivity contribution in [3.63, 3.8) is 0 Å². The lowest BCUT2D eigenvalue weighted by atomic mass is 9.99.